The number of benzene rings is 1. The van der Waals surface area contributed by atoms with E-state index >= 15 is 0 Å². The number of nitrogens with two attached hydrogens (primary N) is 1. The Kier molecular flexibility index (Phi) is 4.93. The number of piperidine rings is 1. The van der Waals surface area contributed by atoms with Crippen molar-refractivity contribution in [3.8, 4) is 0 Å². The molecule has 3 nitrogen and oxygen atoms in total. The lowest BCUT2D eigenvalue weighted by molar-refractivity contribution is -0.138. The summed E-state index contributed by atoms with van der Waals surface area (Å²) in [4.78, 5) is 14.0. The number of likely N-dealkylation sites (tertiary alicyclic amines) is 1. The van der Waals surface area contributed by atoms with Crippen LogP contribution in [0, 0.1) is 5.92 Å². The predicted molar refractivity (Wildman–Crippen MR) is 77.9 cm³/mol. The molecule has 1 heterocycles. The summed E-state index contributed by atoms with van der Waals surface area (Å²) in [5, 5.41) is 0. The SMILES string of the molecule is CC(C)CN1C(=O)CCC(N)C1c1cccc(C(F)F)c1. The molecule has 116 valence electrons. The minimum absolute atomic E-state index is 0.0257. The van der Waals surface area contributed by atoms with E-state index in [-0.39, 0.29) is 23.6 Å². The average molecular weight is 296 g/mol. The summed E-state index contributed by atoms with van der Waals surface area (Å²) in [7, 11) is 0. The first-order chi connectivity index (χ1) is 9.90. The summed E-state index contributed by atoms with van der Waals surface area (Å²) < 4.78 is 25.8. The van der Waals surface area contributed by atoms with E-state index in [2.05, 4.69) is 0 Å². The topological polar surface area (TPSA) is 46.3 Å². The van der Waals surface area contributed by atoms with Gasteiger partial charge >= 0.3 is 0 Å². The van der Waals surface area contributed by atoms with Crippen molar-refractivity contribution >= 4 is 5.91 Å². The fraction of sp³-hybridized carbons (Fsp3) is 0.562. The van der Waals surface area contributed by atoms with Crippen molar-refractivity contribution < 1.29 is 13.6 Å². The van der Waals surface area contributed by atoms with Crippen molar-refractivity contribution in [2.45, 2.75) is 45.2 Å². The van der Waals surface area contributed by atoms with Crippen LogP contribution in [0.15, 0.2) is 24.3 Å². The highest BCUT2D eigenvalue weighted by Gasteiger charge is 2.35. The van der Waals surface area contributed by atoms with Crippen LogP contribution in [0.3, 0.4) is 0 Å². The number of nitrogens with zero attached hydrogens (tertiary/aromatic N) is 1. The number of hydrogen-bond acceptors (Lipinski definition) is 2. The van der Waals surface area contributed by atoms with Gasteiger partial charge in [-0.3, -0.25) is 4.79 Å². The highest BCUT2D eigenvalue weighted by molar-refractivity contribution is 5.78. The van der Waals surface area contributed by atoms with Crippen LogP contribution in [0.2, 0.25) is 0 Å². The second-order valence-electron chi connectivity index (χ2n) is 6.06. The Bertz CT molecular complexity index is 505. The Hall–Kier alpha value is -1.49. The van der Waals surface area contributed by atoms with Gasteiger partial charge in [0.25, 0.3) is 6.43 Å². The molecule has 5 heteroatoms. The van der Waals surface area contributed by atoms with E-state index in [1.165, 1.54) is 12.1 Å². The molecule has 1 aliphatic rings. The Labute approximate surface area is 124 Å². The zero-order chi connectivity index (χ0) is 15.6. The van der Waals surface area contributed by atoms with E-state index in [1.807, 2.05) is 13.8 Å². The standard InChI is InChI=1S/C16H22F2N2O/c1-10(2)9-20-14(21)7-6-13(19)15(20)11-4-3-5-12(8-11)16(17)18/h3-5,8,10,13,15-16H,6-7,9,19H2,1-2H3. The number of rotatable bonds is 4. The molecule has 1 aromatic carbocycles. The molecule has 0 bridgehead atoms. The Morgan fingerprint density at radius 1 is 1.38 bits per heavy atom. The van der Waals surface area contributed by atoms with Crippen molar-refractivity contribution in [3.05, 3.63) is 35.4 Å². The van der Waals surface area contributed by atoms with Gasteiger partial charge in [-0.15, -0.1) is 0 Å². The first-order valence-corrected chi connectivity index (χ1v) is 7.33. The predicted octanol–water partition coefficient (Wildman–Crippen LogP) is 3.27. The van der Waals surface area contributed by atoms with E-state index in [0.29, 0.717) is 30.9 Å². The maximum Gasteiger partial charge on any atom is 0.263 e. The maximum atomic E-state index is 12.9. The molecule has 0 spiro atoms. The van der Waals surface area contributed by atoms with Gasteiger partial charge in [0.2, 0.25) is 5.91 Å². The van der Waals surface area contributed by atoms with Crippen LogP contribution in [0.4, 0.5) is 8.78 Å². The van der Waals surface area contributed by atoms with E-state index < -0.39 is 6.43 Å². The number of alkyl halides is 2. The summed E-state index contributed by atoms with van der Waals surface area (Å²) in [6.45, 7) is 4.65. The molecular formula is C16H22F2N2O. The summed E-state index contributed by atoms with van der Waals surface area (Å²) in [5.74, 6) is 0.359. The molecule has 21 heavy (non-hydrogen) atoms. The number of hydrogen-bond donors (Lipinski definition) is 1. The molecular weight excluding hydrogens is 274 g/mol. The van der Waals surface area contributed by atoms with Crippen molar-refractivity contribution in [1.82, 2.24) is 4.90 Å². The molecule has 1 saturated heterocycles. The van der Waals surface area contributed by atoms with Crippen LogP contribution in [0.1, 0.15) is 50.3 Å². The third-order valence-corrected chi connectivity index (χ3v) is 3.82. The van der Waals surface area contributed by atoms with E-state index in [0.717, 1.165) is 0 Å². The quantitative estimate of drug-likeness (QED) is 0.927. The third kappa shape index (κ3) is 3.59. The number of amides is 1. The minimum atomic E-state index is -2.51. The van der Waals surface area contributed by atoms with Crippen LogP contribution in [0.25, 0.3) is 0 Å². The smallest absolute Gasteiger partial charge is 0.263 e. The van der Waals surface area contributed by atoms with Gasteiger partial charge in [-0.25, -0.2) is 8.78 Å². The monoisotopic (exact) mass is 296 g/mol. The first-order valence-electron chi connectivity index (χ1n) is 7.33. The molecule has 2 rings (SSSR count). The van der Waals surface area contributed by atoms with Crippen LogP contribution < -0.4 is 5.73 Å². The maximum absolute atomic E-state index is 12.9. The van der Waals surface area contributed by atoms with Gasteiger partial charge in [-0.1, -0.05) is 32.0 Å². The molecule has 2 unspecified atom stereocenters. The highest BCUT2D eigenvalue weighted by Crippen LogP contribution is 2.33. The van der Waals surface area contributed by atoms with Crippen LogP contribution >= 0.6 is 0 Å². The molecule has 1 aromatic rings. The Morgan fingerprint density at radius 3 is 2.71 bits per heavy atom. The normalized spacial score (nSPS) is 23.2. The molecule has 1 aliphatic heterocycles. The number of halogens is 2. The van der Waals surface area contributed by atoms with Gasteiger partial charge in [0.15, 0.2) is 0 Å². The largest absolute Gasteiger partial charge is 0.334 e. The van der Waals surface area contributed by atoms with Gasteiger partial charge in [0, 0.05) is 24.6 Å². The Balaban J connectivity index is 2.35. The molecule has 0 radical (unpaired) electrons. The minimum Gasteiger partial charge on any atom is -0.334 e. The van der Waals surface area contributed by atoms with Gasteiger partial charge in [0.1, 0.15) is 0 Å². The second-order valence-corrected chi connectivity index (χ2v) is 6.06. The lowest BCUT2D eigenvalue weighted by Gasteiger charge is -2.41. The van der Waals surface area contributed by atoms with E-state index in [9.17, 15) is 13.6 Å². The molecule has 0 aliphatic carbocycles. The molecule has 1 fully saturated rings. The summed E-state index contributed by atoms with van der Waals surface area (Å²) >= 11 is 0. The zero-order valence-electron chi connectivity index (χ0n) is 12.4. The summed E-state index contributed by atoms with van der Waals surface area (Å²) in [6, 6.07) is 5.73. The third-order valence-electron chi connectivity index (χ3n) is 3.82. The lowest BCUT2D eigenvalue weighted by Crippen LogP contribution is -2.50. The van der Waals surface area contributed by atoms with Gasteiger partial charge in [-0.05, 0) is 24.0 Å². The molecule has 0 aromatic heterocycles. The zero-order valence-corrected chi connectivity index (χ0v) is 12.4. The molecule has 1 amide bonds. The van der Waals surface area contributed by atoms with Crippen molar-refractivity contribution in [2.24, 2.45) is 11.7 Å². The fourth-order valence-corrected chi connectivity index (χ4v) is 2.89. The lowest BCUT2D eigenvalue weighted by atomic mass is 9.89. The summed E-state index contributed by atoms with van der Waals surface area (Å²) in [6.07, 6.45) is -1.49. The van der Waals surface area contributed by atoms with Crippen molar-refractivity contribution in [3.63, 3.8) is 0 Å². The fourth-order valence-electron chi connectivity index (χ4n) is 2.89. The highest BCUT2D eigenvalue weighted by atomic mass is 19.3. The van der Waals surface area contributed by atoms with Crippen molar-refractivity contribution in [2.75, 3.05) is 6.54 Å². The average Bonchev–Trinajstić information content (AvgIpc) is 2.43. The van der Waals surface area contributed by atoms with E-state index in [1.54, 1.807) is 17.0 Å². The first kappa shape index (κ1) is 15.9. The van der Waals surface area contributed by atoms with Crippen LogP contribution in [-0.2, 0) is 4.79 Å². The van der Waals surface area contributed by atoms with Crippen molar-refractivity contribution in [1.29, 1.82) is 0 Å². The van der Waals surface area contributed by atoms with Gasteiger partial charge in [-0.2, -0.15) is 0 Å². The molecule has 2 atom stereocenters. The Morgan fingerprint density at radius 2 is 2.10 bits per heavy atom. The van der Waals surface area contributed by atoms with Crippen LogP contribution in [-0.4, -0.2) is 23.4 Å². The van der Waals surface area contributed by atoms with E-state index in [4.69, 9.17) is 5.73 Å². The second kappa shape index (κ2) is 6.52. The van der Waals surface area contributed by atoms with Gasteiger partial charge < -0.3 is 10.6 Å². The molecule has 2 N–H and O–H groups in total. The molecule has 0 saturated carbocycles. The summed E-state index contributed by atoms with van der Waals surface area (Å²) in [5.41, 5.74) is 6.86. The van der Waals surface area contributed by atoms with Gasteiger partial charge in [0.05, 0.1) is 6.04 Å². The number of carbonyl (C=O) groups excluding carboxylic acids is 1. The van der Waals surface area contributed by atoms with Crippen LogP contribution in [0.5, 0.6) is 0 Å². The number of carbonyl (C=O) groups is 1.